The van der Waals surface area contributed by atoms with Gasteiger partial charge in [-0.05, 0) is 36.1 Å². The molecule has 0 spiro atoms. The van der Waals surface area contributed by atoms with Gasteiger partial charge in [0.05, 0.1) is 19.6 Å². The van der Waals surface area contributed by atoms with Gasteiger partial charge >= 0.3 is 0 Å². The molecule has 0 aliphatic carbocycles. The zero-order valence-electron chi connectivity index (χ0n) is 20.4. The third-order valence-electron chi connectivity index (χ3n) is 7.26. The van der Waals surface area contributed by atoms with Crippen molar-refractivity contribution < 1.29 is 24.2 Å². The highest BCUT2D eigenvalue weighted by atomic mass is 16.5. The largest absolute Gasteiger partial charge is 0.504 e. The number of hydrogen-bond donors (Lipinski definition) is 3. The minimum Gasteiger partial charge on any atom is -0.504 e. The molecule has 5 rings (SSSR count). The second-order valence-electron chi connectivity index (χ2n) is 9.84. The Balaban J connectivity index is 1.46. The first kappa shape index (κ1) is 24.6. The first-order chi connectivity index (χ1) is 17.7. The van der Waals surface area contributed by atoms with Crippen LogP contribution in [0, 0.1) is 5.92 Å². The second-order valence-corrected chi connectivity index (χ2v) is 9.84. The molecule has 1 aromatic carbocycles. The van der Waals surface area contributed by atoms with Crippen LogP contribution in [0.3, 0.4) is 0 Å². The van der Waals surface area contributed by atoms with Crippen molar-refractivity contribution >= 4 is 5.91 Å². The van der Waals surface area contributed by atoms with Gasteiger partial charge in [0.1, 0.15) is 5.76 Å². The van der Waals surface area contributed by atoms with Crippen molar-refractivity contribution in [3.05, 3.63) is 85.8 Å². The molecule has 3 atom stereocenters. The van der Waals surface area contributed by atoms with Crippen LogP contribution in [-0.4, -0.2) is 45.8 Å². The lowest BCUT2D eigenvalue weighted by Gasteiger charge is -2.42. The topological polar surface area (TPSA) is 148 Å². The molecule has 1 saturated heterocycles. The summed E-state index contributed by atoms with van der Waals surface area (Å²) < 4.78 is 13.1. The van der Waals surface area contributed by atoms with Crippen LogP contribution in [0.15, 0.2) is 56.5 Å². The van der Waals surface area contributed by atoms with Crippen molar-refractivity contribution in [3.63, 3.8) is 0 Å². The Morgan fingerprint density at radius 1 is 1.16 bits per heavy atom. The molecule has 2 aromatic heterocycles. The summed E-state index contributed by atoms with van der Waals surface area (Å²) in [5.74, 6) is -1.26. The summed E-state index contributed by atoms with van der Waals surface area (Å²) in [7, 11) is 1.39. The van der Waals surface area contributed by atoms with Gasteiger partial charge in [0.2, 0.25) is 17.1 Å². The van der Waals surface area contributed by atoms with Crippen molar-refractivity contribution in [1.82, 2.24) is 9.47 Å². The van der Waals surface area contributed by atoms with Crippen LogP contribution in [0.2, 0.25) is 0 Å². The number of nitrogens with zero attached hydrogens (tertiary/aromatic N) is 2. The van der Waals surface area contributed by atoms with Crippen molar-refractivity contribution in [2.24, 2.45) is 11.7 Å². The van der Waals surface area contributed by atoms with E-state index < -0.39 is 23.0 Å². The van der Waals surface area contributed by atoms with Crippen molar-refractivity contribution in [3.8, 4) is 17.2 Å². The average molecular weight is 508 g/mol. The summed E-state index contributed by atoms with van der Waals surface area (Å²) in [6.07, 6.45) is 0.765. The van der Waals surface area contributed by atoms with E-state index in [0.29, 0.717) is 36.9 Å². The Morgan fingerprint density at radius 3 is 2.73 bits per heavy atom. The number of phenols is 1. The molecule has 10 nitrogen and oxygen atoms in total. The van der Waals surface area contributed by atoms with Crippen molar-refractivity contribution in [2.45, 2.75) is 37.8 Å². The summed E-state index contributed by atoms with van der Waals surface area (Å²) in [5, 5.41) is 20.6. The van der Waals surface area contributed by atoms with Crippen LogP contribution in [0.25, 0.3) is 0 Å². The van der Waals surface area contributed by atoms with Gasteiger partial charge in [0.25, 0.3) is 5.56 Å². The van der Waals surface area contributed by atoms with Crippen LogP contribution < -0.4 is 21.5 Å². The predicted molar refractivity (Wildman–Crippen MR) is 134 cm³/mol. The summed E-state index contributed by atoms with van der Waals surface area (Å²) >= 11 is 0. The molecule has 3 aromatic rings. The maximum Gasteiger partial charge on any atom is 0.250 e. The fourth-order valence-electron chi connectivity index (χ4n) is 5.69. The molecule has 0 saturated carbocycles. The van der Waals surface area contributed by atoms with E-state index in [1.54, 1.807) is 18.2 Å². The van der Waals surface area contributed by atoms with Gasteiger partial charge in [0.15, 0.2) is 17.3 Å². The molecule has 1 fully saturated rings. The number of aromatic hydroxyl groups is 2. The monoisotopic (exact) mass is 507 g/mol. The minimum absolute atomic E-state index is 0.0150. The Hall–Kier alpha value is -4.05. The number of pyridine rings is 1. The number of ether oxygens (including phenoxy) is 1. The molecule has 1 unspecified atom stereocenters. The molecule has 4 heterocycles. The molecule has 2 aliphatic rings. The number of carbonyl (C=O) groups excluding carboxylic acids is 1. The number of benzene rings is 1. The fraction of sp³-hybridized carbons (Fsp3) is 0.370. The normalized spacial score (nSPS) is 19.7. The standard InChI is InChI=1S/C27H29N3O7/c1-36-23-8-16(5-6-21(23)31)19(10-24(28)33)27-26(35)22(32)9-18(37-27)14-29-11-15-7-17(13-29)20-3-2-4-25(34)30(20)12-15/h2-6,8-9,15,17,19,31,35H,7,10-14H2,1H3,(H2,28,33)/t15-,17+,19?/m1/s1. The number of aromatic nitrogens is 1. The second kappa shape index (κ2) is 9.78. The van der Waals surface area contributed by atoms with Gasteiger partial charge in [-0.3, -0.25) is 19.3 Å². The molecule has 2 bridgehead atoms. The number of amides is 1. The Labute approximate surface area is 212 Å². The summed E-state index contributed by atoms with van der Waals surface area (Å²) in [5.41, 5.74) is 6.39. The smallest absolute Gasteiger partial charge is 0.250 e. The predicted octanol–water partition coefficient (Wildman–Crippen LogP) is 1.85. The average Bonchev–Trinajstić information content (AvgIpc) is 2.86. The lowest BCUT2D eigenvalue weighted by Crippen LogP contribution is -2.46. The highest BCUT2D eigenvalue weighted by Gasteiger charge is 2.35. The molecule has 37 heavy (non-hydrogen) atoms. The maximum absolute atomic E-state index is 12.8. The molecule has 10 heteroatoms. The number of rotatable bonds is 7. The number of primary amides is 1. The van der Waals surface area contributed by atoms with E-state index in [2.05, 4.69) is 4.90 Å². The molecule has 194 valence electrons. The molecule has 0 radical (unpaired) electrons. The first-order valence-electron chi connectivity index (χ1n) is 12.2. The number of likely N-dealkylation sites (tertiary alicyclic amines) is 1. The number of phenolic OH excluding ortho intramolecular Hbond substituents is 1. The van der Waals surface area contributed by atoms with Crippen LogP contribution in [-0.2, 0) is 17.9 Å². The van der Waals surface area contributed by atoms with Gasteiger partial charge in [-0.1, -0.05) is 12.1 Å². The van der Waals surface area contributed by atoms with E-state index in [1.165, 1.54) is 25.3 Å². The maximum atomic E-state index is 12.8. The summed E-state index contributed by atoms with van der Waals surface area (Å²) in [6, 6.07) is 11.1. The van der Waals surface area contributed by atoms with Gasteiger partial charge in [0, 0.05) is 49.8 Å². The van der Waals surface area contributed by atoms with Crippen LogP contribution in [0.4, 0.5) is 0 Å². The van der Waals surface area contributed by atoms with Crippen molar-refractivity contribution in [1.29, 1.82) is 0 Å². The van der Waals surface area contributed by atoms with E-state index in [4.69, 9.17) is 14.9 Å². The Bertz CT molecular complexity index is 1460. The lowest BCUT2D eigenvalue weighted by molar-refractivity contribution is -0.118. The zero-order valence-corrected chi connectivity index (χ0v) is 20.4. The molecule has 2 aliphatic heterocycles. The molecular weight excluding hydrogens is 478 g/mol. The van der Waals surface area contributed by atoms with E-state index >= 15 is 0 Å². The Morgan fingerprint density at radius 2 is 1.97 bits per heavy atom. The number of methoxy groups -OCH3 is 1. The highest BCUT2D eigenvalue weighted by molar-refractivity contribution is 5.75. The number of carbonyl (C=O) groups is 1. The van der Waals surface area contributed by atoms with E-state index in [9.17, 15) is 24.6 Å². The third kappa shape index (κ3) is 4.84. The van der Waals surface area contributed by atoms with Crippen LogP contribution in [0.1, 0.15) is 47.5 Å². The molecule has 4 N–H and O–H groups in total. The molecular formula is C27H29N3O7. The number of hydrogen-bond acceptors (Lipinski definition) is 8. The number of piperidine rings is 1. The first-order valence-corrected chi connectivity index (χ1v) is 12.2. The van der Waals surface area contributed by atoms with Gasteiger partial charge in [-0.15, -0.1) is 0 Å². The summed E-state index contributed by atoms with van der Waals surface area (Å²) in [4.78, 5) is 39.2. The number of nitrogens with two attached hydrogens (primary N) is 1. The minimum atomic E-state index is -0.862. The van der Waals surface area contributed by atoms with Gasteiger partial charge < -0.3 is 29.7 Å². The fourth-order valence-corrected chi connectivity index (χ4v) is 5.69. The third-order valence-corrected chi connectivity index (χ3v) is 7.26. The van der Waals surface area contributed by atoms with E-state index in [-0.39, 0.29) is 35.2 Å². The summed E-state index contributed by atoms with van der Waals surface area (Å²) in [6.45, 7) is 2.40. The van der Waals surface area contributed by atoms with Crippen molar-refractivity contribution in [2.75, 3.05) is 20.2 Å². The number of fused-ring (bicyclic) bond motifs is 4. The van der Waals surface area contributed by atoms with E-state index in [0.717, 1.165) is 18.7 Å². The SMILES string of the molecule is COc1cc(C(CC(N)=O)c2oc(CN3C[C@H]4C[C@@H](C3)c3cccc(=O)n3C4)cc(=O)c2O)ccc1O. The zero-order chi connectivity index (χ0) is 26.3. The van der Waals surface area contributed by atoms with Gasteiger partial charge in [-0.25, -0.2) is 0 Å². The van der Waals surface area contributed by atoms with E-state index in [1.807, 2.05) is 10.6 Å². The Kier molecular flexibility index (Phi) is 6.51. The molecule has 1 amide bonds. The highest BCUT2D eigenvalue weighted by Crippen LogP contribution is 2.38. The van der Waals surface area contributed by atoms with Gasteiger partial charge in [-0.2, -0.15) is 0 Å². The van der Waals surface area contributed by atoms with Crippen LogP contribution >= 0.6 is 0 Å². The lowest BCUT2D eigenvalue weighted by atomic mass is 9.83. The quantitative estimate of drug-likeness (QED) is 0.439. The van der Waals surface area contributed by atoms with Crippen LogP contribution in [0.5, 0.6) is 17.2 Å².